The van der Waals surface area contributed by atoms with Gasteiger partial charge >= 0.3 is 0 Å². The molecule has 0 fully saturated rings. The first-order chi connectivity index (χ1) is 9.27. The van der Waals surface area contributed by atoms with Crippen LogP contribution in [0.5, 0.6) is 0 Å². The lowest BCUT2D eigenvalue weighted by atomic mass is 10.1. The standard InChI is InChI=1S/C15H19NO3/c1-19-11-3-2-9-16-15(18)14-8-4-6-13(12-14)7-5-10-17/h4,6,8,12,17H,2-3,9-11H2,1H3,(H,16,18). The Morgan fingerprint density at radius 2 is 2.26 bits per heavy atom. The molecule has 0 saturated heterocycles. The molecule has 1 rings (SSSR count). The third-order valence-corrected chi connectivity index (χ3v) is 2.50. The molecule has 0 atom stereocenters. The predicted octanol–water partition coefficient (Wildman–Crippen LogP) is 1.19. The number of carbonyl (C=O) groups excluding carboxylic acids is 1. The number of aliphatic hydroxyl groups excluding tert-OH is 1. The van der Waals surface area contributed by atoms with Crippen LogP contribution in [0.15, 0.2) is 24.3 Å². The number of amides is 1. The maximum atomic E-state index is 11.9. The maximum Gasteiger partial charge on any atom is 0.251 e. The van der Waals surface area contributed by atoms with Gasteiger partial charge in [-0.15, -0.1) is 0 Å². The van der Waals surface area contributed by atoms with E-state index in [9.17, 15) is 4.79 Å². The smallest absolute Gasteiger partial charge is 0.251 e. The van der Waals surface area contributed by atoms with E-state index in [-0.39, 0.29) is 12.5 Å². The van der Waals surface area contributed by atoms with Gasteiger partial charge in [0.1, 0.15) is 6.61 Å². The average Bonchev–Trinajstić information content (AvgIpc) is 2.45. The first-order valence-corrected chi connectivity index (χ1v) is 6.25. The fourth-order valence-corrected chi connectivity index (χ4v) is 1.56. The number of hydrogen-bond donors (Lipinski definition) is 2. The van der Waals surface area contributed by atoms with Gasteiger partial charge in [-0.05, 0) is 31.0 Å². The third-order valence-electron chi connectivity index (χ3n) is 2.50. The van der Waals surface area contributed by atoms with Crippen molar-refractivity contribution in [3.63, 3.8) is 0 Å². The lowest BCUT2D eigenvalue weighted by molar-refractivity contribution is 0.0951. The Balaban J connectivity index is 2.48. The van der Waals surface area contributed by atoms with Gasteiger partial charge in [-0.25, -0.2) is 0 Å². The van der Waals surface area contributed by atoms with Crippen LogP contribution in [0, 0.1) is 11.8 Å². The SMILES string of the molecule is COCCCCNC(=O)c1cccc(C#CCO)c1. The van der Waals surface area contributed by atoms with Crippen molar-refractivity contribution in [2.75, 3.05) is 26.9 Å². The van der Waals surface area contributed by atoms with Gasteiger partial charge in [0.25, 0.3) is 5.91 Å². The minimum atomic E-state index is -0.185. The minimum Gasteiger partial charge on any atom is -0.385 e. The van der Waals surface area contributed by atoms with Gasteiger partial charge < -0.3 is 15.2 Å². The number of carbonyl (C=O) groups is 1. The molecular formula is C15H19NO3. The van der Waals surface area contributed by atoms with Gasteiger partial charge in [0.05, 0.1) is 0 Å². The number of benzene rings is 1. The molecule has 0 saturated carbocycles. The van der Waals surface area contributed by atoms with Crippen LogP contribution in [-0.2, 0) is 4.74 Å². The second kappa shape index (κ2) is 9.15. The van der Waals surface area contributed by atoms with Crippen molar-refractivity contribution in [1.29, 1.82) is 0 Å². The molecule has 0 aliphatic rings. The molecule has 0 heterocycles. The normalized spacial score (nSPS) is 9.58. The highest BCUT2D eigenvalue weighted by Crippen LogP contribution is 2.04. The van der Waals surface area contributed by atoms with Crippen molar-refractivity contribution < 1.29 is 14.6 Å². The molecule has 0 aliphatic carbocycles. The number of hydrogen-bond acceptors (Lipinski definition) is 3. The molecule has 0 spiro atoms. The van der Waals surface area contributed by atoms with E-state index in [0.29, 0.717) is 18.7 Å². The summed E-state index contributed by atoms with van der Waals surface area (Å²) in [6.07, 6.45) is 1.82. The molecule has 0 aliphatic heterocycles. The zero-order chi connectivity index (χ0) is 13.9. The molecule has 1 aromatic carbocycles. The lowest BCUT2D eigenvalue weighted by Gasteiger charge is -2.05. The molecule has 0 aromatic heterocycles. The second-order valence-electron chi connectivity index (χ2n) is 4.00. The summed E-state index contributed by atoms with van der Waals surface area (Å²) in [5.41, 5.74) is 1.30. The van der Waals surface area contributed by atoms with Crippen LogP contribution in [0.3, 0.4) is 0 Å². The summed E-state index contributed by atoms with van der Waals surface area (Å²) in [5, 5.41) is 11.5. The first-order valence-electron chi connectivity index (χ1n) is 6.25. The Hall–Kier alpha value is -1.83. The van der Waals surface area contributed by atoms with Crippen LogP contribution in [0.2, 0.25) is 0 Å². The molecule has 1 aromatic rings. The zero-order valence-corrected chi connectivity index (χ0v) is 11.1. The van der Waals surface area contributed by atoms with E-state index in [4.69, 9.17) is 9.84 Å². The summed E-state index contributed by atoms with van der Waals surface area (Å²) in [6.45, 7) is 1.16. The molecule has 0 radical (unpaired) electrons. The Labute approximate surface area is 113 Å². The van der Waals surface area contributed by atoms with E-state index in [2.05, 4.69) is 17.2 Å². The summed E-state index contributed by atoms with van der Waals surface area (Å²) in [5.74, 6) is 5.23. The topological polar surface area (TPSA) is 58.6 Å². The van der Waals surface area contributed by atoms with Gasteiger partial charge in [0, 0.05) is 31.4 Å². The predicted molar refractivity (Wildman–Crippen MR) is 73.8 cm³/mol. The third kappa shape index (κ3) is 6.05. The minimum absolute atomic E-state index is 0.106. The number of aliphatic hydroxyl groups is 1. The monoisotopic (exact) mass is 261 g/mol. The molecular weight excluding hydrogens is 242 g/mol. The quantitative estimate of drug-likeness (QED) is 0.597. The van der Waals surface area contributed by atoms with Crippen LogP contribution < -0.4 is 5.32 Å². The highest BCUT2D eigenvalue weighted by molar-refractivity contribution is 5.94. The van der Waals surface area contributed by atoms with Crippen molar-refractivity contribution in [3.05, 3.63) is 35.4 Å². The van der Waals surface area contributed by atoms with Crippen LogP contribution in [-0.4, -0.2) is 37.9 Å². The summed E-state index contributed by atoms with van der Waals surface area (Å²) in [7, 11) is 1.66. The maximum absolute atomic E-state index is 11.9. The van der Waals surface area contributed by atoms with Gasteiger partial charge in [-0.2, -0.15) is 0 Å². The van der Waals surface area contributed by atoms with E-state index in [1.165, 1.54) is 0 Å². The summed E-state index contributed by atoms with van der Waals surface area (Å²) in [4.78, 5) is 11.9. The van der Waals surface area contributed by atoms with Gasteiger partial charge in [-0.1, -0.05) is 17.9 Å². The number of rotatable bonds is 6. The molecule has 102 valence electrons. The van der Waals surface area contributed by atoms with Gasteiger partial charge in [0.2, 0.25) is 0 Å². The second-order valence-corrected chi connectivity index (χ2v) is 4.00. The van der Waals surface area contributed by atoms with Crippen LogP contribution in [0.4, 0.5) is 0 Å². The summed E-state index contributed by atoms with van der Waals surface area (Å²) >= 11 is 0. The number of ether oxygens (including phenoxy) is 1. The molecule has 0 bridgehead atoms. The molecule has 19 heavy (non-hydrogen) atoms. The van der Waals surface area contributed by atoms with Crippen LogP contribution in [0.1, 0.15) is 28.8 Å². The van der Waals surface area contributed by atoms with Crippen molar-refractivity contribution in [1.82, 2.24) is 5.32 Å². The molecule has 2 N–H and O–H groups in total. The fourth-order valence-electron chi connectivity index (χ4n) is 1.56. The molecule has 4 nitrogen and oxygen atoms in total. The number of unbranched alkanes of at least 4 members (excludes halogenated alkanes) is 1. The highest BCUT2D eigenvalue weighted by atomic mass is 16.5. The Bertz CT molecular complexity index is 460. The van der Waals surface area contributed by atoms with Crippen molar-refractivity contribution in [2.45, 2.75) is 12.8 Å². The Kier molecular flexibility index (Phi) is 7.33. The van der Waals surface area contributed by atoms with E-state index >= 15 is 0 Å². The lowest BCUT2D eigenvalue weighted by Crippen LogP contribution is -2.24. The van der Waals surface area contributed by atoms with Crippen LogP contribution >= 0.6 is 0 Å². The molecule has 1 amide bonds. The molecule has 4 heteroatoms. The van der Waals surface area contributed by atoms with Crippen molar-refractivity contribution in [3.8, 4) is 11.8 Å². The van der Waals surface area contributed by atoms with Gasteiger partial charge in [0.15, 0.2) is 0 Å². The fraction of sp³-hybridized carbons (Fsp3) is 0.400. The van der Waals surface area contributed by atoms with Crippen LogP contribution in [0.25, 0.3) is 0 Å². The zero-order valence-electron chi connectivity index (χ0n) is 11.1. The van der Waals surface area contributed by atoms with Gasteiger partial charge in [-0.3, -0.25) is 4.79 Å². The van der Waals surface area contributed by atoms with Crippen molar-refractivity contribution >= 4 is 5.91 Å². The Morgan fingerprint density at radius 1 is 1.42 bits per heavy atom. The summed E-state index contributed by atoms with van der Waals surface area (Å²) < 4.78 is 4.94. The highest BCUT2D eigenvalue weighted by Gasteiger charge is 2.04. The van der Waals surface area contributed by atoms with E-state index in [1.807, 2.05) is 0 Å². The largest absolute Gasteiger partial charge is 0.385 e. The number of methoxy groups -OCH3 is 1. The molecule has 0 unspecified atom stereocenters. The first kappa shape index (κ1) is 15.2. The number of nitrogens with one attached hydrogen (secondary N) is 1. The summed E-state index contributed by atoms with van der Waals surface area (Å²) in [6, 6.07) is 7.04. The van der Waals surface area contributed by atoms with Crippen molar-refractivity contribution in [2.24, 2.45) is 0 Å². The average molecular weight is 261 g/mol. The Morgan fingerprint density at radius 3 is 3.00 bits per heavy atom. The van der Waals surface area contributed by atoms with E-state index in [1.54, 1.807) is 31.4 Å². The van der Waals surface area contributed by atoms with E-state index < -0.39 is 0 Å². The van der Waals surface area contributed by atoms with E-state index in [0.717, 1.165) is 18.4 Å².